The van der Waals surface area contributed by atoms with Gasteiger partial charge in [0, 0.05) is 0 Å². The summed E-state index contributed by atoms with van der Waals surface area (Å²) in [5.41, 5.74) is 0.331. The minimum absolute atomic E-state index is 0.331. The standard InChI is InChI=1S/C10H4F5NS/c11-7(8(12)10(13,14)15)9-16-5-3-1-2-4-6(5)17-9/h1-4H. The molecule has 1 aromatic carbocycles. The van der Waals surface area contributed by atoms with E-state index in [1.807, 2.05) is 0 Å². The van der Waals surface area contributed by atoms with Crippen molar-refractivity contribution in [3.05, 3.63) is 35.1 Å². The average molecular weight is 265 g/mol. The van der Waals surface area contributed by atoms with Crippen LogP contribution in [0.1, 0.15) is 5.01 Å². The quantitative estimate of drug-likeness (QED) is 0.693. The van der Waals surface area contributed by atoms with E-state index < -0.39 is 22.8 Å². The van der Waals surface area contributed by atoms with Crippen molar-refractivity contribution in [2.45, 2.75) is 6.18 Å². The summed E-state index contributed by atoms with van der Waals surface area (Å²) in [5, 5.41) is -0.610. The van der Waals surface area contributed by atoms with Gasteiger partial charge >= 0.3 is 6.18 Å². The van der Waals surface area contributed by atoms with Crippen LogP contribution in [0.15, 0.2) is 30.1 Å². The van der Waals surface area contributed by atoms with E-state index in [1.54, 1.807) is 18.2 Å². The molecule has 90 valence electrons. The molecule has 1 heterocycles. The Balaban J connectivity index is 2.54. The lowest BCUT2D eigenvalue weighted by molar-refractivity contribution is -0.108. The molecular formula is C10H4F5NS. The molecule has 0 unspecified atom stereocenters. The largest absolute Gasteiger partial charge is 0.446 e. The van der Waals surface area contributed by atoms with Gasteiger partial charge in [0.2, 0.25) is 5.83 Å². The Morgan fingerprint density at radius 3 is 2.35 bits per heavy atom. The molecule has 1 nitrogen and oxygen atoms in total. The van der Waals surface area contributed by atoms with Crippen LogP contribution in [0, 0.1) is 0 Å². The molecule has 0 radical (unpaired) electrons. The first-order valence-electron chi connectivity index (χ1n) is 4.38. The highest BCUT2D eigenvalue weighted by atomic mass is 32.1. The van der Waals surface area contributed by atoms with Gasteiger partial charge in [-0.2, -0.15) is 17.6 Å². The molecule has 0 aliphatic rings. The molecule has 0 fully saturated rings. The van der Waals surface area contributed by atoms with Gasteiger partial charge in [-0.1, -0.05) is 12.1 Å². The number of aromatic nitrogens is 1. The predicted octanol–water partition coefficient (Wildman–Crippen LogP) is 4.47. The lowest BCUT2D eigenvalue weighted by Crippen LogP contribution is -2.09. The van der Waals surface area contributed by atoms with Crippen LogP contribution in [-0.2, 0) is 0 Å². The van der Waals surface area contributed by atoms with E-state index in [9.17, 15) is 22.0 Å². The van der Waals surface area contributed by atoms with Crippen molar-refractivity contribution in [1.29, 1.82) is 0 Å². The Labute approximate surface area is 96.2 Å². The number of para-hydroxylation sites is 1. The number of alkyl halides is 3. The van der Waals surface area contributed by atoms with Gasteiger partial charge in [0.25, 0.3) is 0 Å². The molecule has 2 aromatic rings. The number of fused-ring (bicyclic) bond motifs is 1. The topological polar surface area (TPSA) is 12.9 Å². The highest BCUT2D eigenvalue weighted by molar-refractivity contribution is 7.19. The summed E-state index contributed by atoms with van der Waals surface area (Å²) in [7, 11) is 0. The van der Waals surface area contributed by atoms with E-state index in [0.29, 0.717) is 21.6 Å². The van der Waals surface area contributed by atoms with Crippen LogP contribution in [0.25, 0.3) is 16.0 Å². The van der Waals surface area contributed by atoms with E-state index in [1.165, 1.54) is 6.07 Å². The van der Waals surface area contributed by atoms with Gasteiger partial charge in [0.15, 0.2) is 10.8 Å². The third kappa shape index (κ3) is 2.28. The summed E-state index contributed by atoms with van der Waals surface area (Å²) >= 11 is 0.666. The number of nitrogens with zero attached hydrogens (tertiary/aromatic N) is 1. The summed E-state index contributed by atoms with van der Waals surface area (Å²) in [6.45, 7) is 0. The van der Waals surface area contributed by atoms with E-state index in [4.69, 9.17) is 0 Å². The Kier molecular flexibility index (Phi) is 2.86. The number of hydrogen-bond donors (Lipinski definition) is 0. The third-order valence-corrected chi connectivity index (χ3v) is 2.95. The fourth-order valence-electron chi connectivity index (χ4n) is 1.18. The second kappa shape index (κ2) is 4.06. The minimum atomic E-state index is -5.33. The smallest absolute Gasteiger partial charge is 0.233 e. The second-order valence-corrected chi connectivity index (χ2v) is 4.14. The van der Waals surface area contributed by atoms with Crippen LogP contribution in [0.2, 0.25) is 0 Å². The number of hydrogen-bond acceptors (Lipinski definition) is 2. The molecule has 0 spiro atoms. The first-order chi connectivity index (χ1) is 7.89. The van der Waals surface area contributed by atoms with E-state index >= 15 is 0 Å². The molecule has 0 bridgehead atoms. The predicted molar refractivity (Wildman–Crippen MR) is 54.8 cm³/mol. The molecule has 0 saturated carbocycles. The highest BCUT2D eigenvalue weighted by Gasteiger charge is 2.39. The Morgan fingerprint density at radius 1 is 1.12 bits per heavy atom. The van der Waals surface area contributed by atoms with Crippen molar-refractivity contribution in [2.75, 3.05) is 0 Å². The van der Waals surface area contributed by atoms with Gasteiger partial charge in [0.1, 0.15) is 0 Å². The summed E-state index contributed by atoms with van der Waals surface area (Å²) in [6, 6.07) is 6.31. The van der Waals surface area contributed by atoms with Gasteiger partial charge in [0.05, 0.1) is 10.2 Å². The van der Waals surface area contributed by atoms with Crippen molar-refractivity contribution < 1.29 is 22.0 Å². The van der Waals surface area contributed by atoms with Crippen LogP contribution in [0.4, 0.5) is 22.0 Å². The van der Waals surface area contributed by atoms with Crippen LogP contribution in [-0.4, -0.2) is 11.2 Å². The van der Waals surface area contributed by atoms with E-state index in [-0.39, 0.29) is 0 Å². The number of allylic oxidation sites excluding steroid dienone is 1. The van der Waals surface area contributed by atoms with Crippen molar-refractivity contribution >= 4 is 27.4 Å². The minimum Gasteiger partial charge on any atom is -0.233 e. The van der Waals surface area contributed by atoms with Gasteiger partial charge in [-0.25, -0.2) is 9.37 Å². The van der Waals surface area contributed by atoms with Gasteiger partial charge in [-0.05, 0) is 12.1 Å². The van der Waals surface area contributed by atoms with Crippen LogP contribution >= 0.6 is 11.3 Å². The summed E-state index contributed by atoms with van der Waals surface area (Å²) in [5.74, 6) is -4.73. The van der Waals surface area contributed by atoms with Gasteiger partial charge in [-0.3, -0.25) is 0 Å². The van der Waals surface area contributed by atoms with Crippen LogP contribution < -0.4 is 0 Å². The van der Waals surface area contributed by atoms with E-state index in [0.717, 1.165) is 0 Å². The molecule has 0 N–H and O–H groups in total. The molecule has 2 rings (SSSR count). The van der Waals surface area contributed by atoms with Crippen molar-refractivity contribution in [1.82, 2.24) is 4.98 Å². The summed E-state index contributed by atoms with van der Waals surface area (Å²) in [4.78, 5) is 3.59. The number of rotatable bonds is 1. The first kappa shape index (κ1) is 12.0. The molecule has 17 heavy (non-hydrogen) atoms. The Bertz CT molecular complexity index is 551. The van der Waals surface area contributed by atoms with Crippen molar-refractivity contribution in [3.8, 4) is 0 Å². The first-order valence-corrected chi connectivity index (χ1v) is 5.19. The zero-order valence-electron chi connectivity index (χ0n) is 8.05. The molecule has 1 aromatic heterocycles. The van der Waals surface area contributed by atoms with Crippen LogP contribution in [0.3, 0.4) is 0 Å². The summed E-state index contributed by atoms with van der Waals surface area (Å²) in [6.07, 6.45) is -5.33. The summed E-state index contributed by atoms with van der Waals surface area (Å²) < 4.78 is 62.2. The molecular weight excluding hydrogens is 261 g/mol. The van der Waals surface area contributed by atoms with Crippen molar-refractivity contribution in [2.24, 2.45) is 0 Å². The normalized spacial score (nSPS) is 13.9. The maximum Gasteiger partial charge on any atom is 0.446 e. The van der Waals surface area contributed by atoms with Crippen LogP contribution in [0.5, 0.6) is 0 Å². The molecule has 0 aliphatic heterocycles. The fourth-order valence-corrected chi connectivity index (χ4v) is 2.08. The maximum absolute atomic E-state index is 13.2. The van der Waals surface area contributed by atoms with Gasteiger partial charge in [-0.15, -0.1) is 11.3 Å². The fraction of sp³-hybridized carbons (Fsp3) is 0.100. The van der Waals surface area contributed by atoms with E-state index in [2.05, 4.69) is 4.98 Å². The number of benzene rings is 1. The molecule has 0 amide bonds. The molecule has 7 heteroatoms. The zero-order chi connectivity index (χ0) is 12.6. The third-order valence-electron chi connectivity index (χ3n) is 1.92. The lowest BCUT2D eigenvalue weighted by Gasteiger charge is -2.02. The lowest BCUT2D eigenvalue weighted by atomic mass is 10.3. The molecule has 0 saturated heterocycles. The SMILES string of the molecule is FC(=C(F)C(F)(F)F)c1nc2ccccc2s1. The second-order valence-electron chi connectivity index (χ2n) is 3.11. The molecule has 0 atom stereocenters. The number of thiazole rings is 1. The number of halogens is 5. The zero-order valence-corrected chi connectivity index (χ0v) is 8.87. The molecule has 0 aliphatic carbocycles. The van der Waals surface area contributed by atoms with Gasteiger partial charge < -0.3 is 0 Å². The maximum atomic E-state index is 13.2. The highest BCUT2D eigenvalue weighted by Crippen LogP contribution is 2.36. The monoisotopic (exact) mass is 265 g/mol. The Morgan fingerprint density at radius 2 is 1.76 bits per heavy atom. The average Bonchev–Trinajstić information content (AvgIpc) is 2.69. The van der Waals surface area contributed by atoms with Crippen molar-refractivity contribution in [3.63, 3.8) is 0 Å². The Hall–Kier alpha value is -1.50.